The zero-order valence-corrected chi connectivity index (χ0v) is 15.1. The van der Waals surface area contributed by atoms with E-state index in [1.807, 2.05) is 17.4 Å². The standard InChI is InChI=1S/C19H26N2OS/c1-20(2)12-15-10-18(23-14-15)13-21-9-5-8-19(21)16-6-4-7-17(11-16)22-3/h4,6-7,10-11,14,19H,5,8-9,12-13H2,1-3H3/t19-/m1/s1. The van der Waals surface area contributed by atoms with E-state index in [9.17, 15) is 0 Å². The van der Waals surface area contributed by atoms with Crippen LogP contribution in [0.3, 0.4) is 0 Å². The predicted molar refractivity (Wildman–Crippen MR) is 97.1 cm³/mol. The van der Waals surface area contributed by atoms with Gasteiger partial charge in [0.2, 0.25) is 0 Å². The zero-order valence-electron chi connectivity index (χ0n) is 14.3. The molecular formula is C19H26N2OS. The van der Waals surface area contributed by atoms with Crippen molar-refractivity contribution >= 4 is 11.3 Å². The topological polar surface area (TPSA) is 15.7 Å². The molecule has 23 heavy (non-hydrogen) atoms. The fourth-order valence-electron chi connectivity index (χ4n) is 3.40. The number of benzene rings is 1. The van der Waals surface area contributed by atoms with Crippen LogP contribution < -0.4 is 4.74 Å². The maximum absolute atomic E-state index is 5.39. The predicted octanol–water partition coefficient (Wildman–Crippen LogP) is 4.16. The van der Waals surface area contributed by atoms with Crippen LogP contribution in [-0.4, -0.2) is 37.5 Å². The molecule has 0 aliphatic carbocycles. The van der Waals surface area contributed by atoms with Crippen LogP contribution in [0.4, 0.5) is 0 Å². The van der Waals surface area contributed by atoms with Crippen molar-refractivity contribution in [2.75, 3.05) is 27.7 Å². The highest BCUT2D eigenvalue weighted by molar-refractivity contribution is 7.10. The summed E-state index contributed by atoms with van der Waals surface area (Å²) in [5, 5.41) is 2.30. The van der Waals surface area contributed by atoms with Crippen molar-refractivity contribution in [2.24, 2.45) is 0 Å². The molecule has 1 saturated heterocycles. The Labute approximate surface area is 143 Å². The molecule has 0 saturated carbocycles. The van der Waals surface area contributed by atoms with E-state index >= 15 is 0 Å². The first-order valence-corrected chi connectivity index (χ1v) is 9.12. The highest BCUT2D eigenvalue weighted by Gasteiger charge is 2.26. The lowest BCUT2D eigenvalue weighted by molar-refractivity contribution is 0.250. The van der Waals surface area contributed by atoms with Crippen molar-refractivity contribution in [3.63, 3.8) is 0 Å². The Morgan fingerprint density at radius 3 is 2.96 bits per heavy atom. The second kappa shape index (κ2) is 7.47. The van der Waals surface area contributed by atoms with Crippen LogP contribution >= 0.6 is 11.3 Å². The third-order valence-electron chi connectivity index (χ3n) is 4.41. The van der Waals surface area contributed by atoms with Gasteiger partial charge in [-0.1, -0.05) is 12.1 Å². The molecule has 0 unspecified atom stereocenters. The molecule has 0 bridgehead atoms. The fourth-order valence-corrected chi connectivity index (χ4v) is 4.30. The molecule has 3 rings (SSSR count). The van der Waals surface area contributed by atoms with Crippen molar-refractivity contribution in [3.05, 3.63) is 51.7 Å². The summed E-state index contributed by atoms with van der Waals surface area (Å²) < 4.78 is 5.39. The van der Waals surface area contributed by atoms with Gasteiger partial charge >= 0.3 is 0 Å². The molecule has 1 aliphatic rings. The van der Waals surface area contributed by atoms with E-state index in [0.29, 0.717) is 6.04 Å². The molecule has 1 aromatic carbocycles. The number of hydrogen-bond donors (Lipinski definition) is 0. The molecule has 0 N–H and O–H groups in total. The molecular weight excluding hydrogens is 304 g/mol. The van der Waals surface area contributed by atoms with E-state index in [0.717, 1.165) is 18.8 Å². The van der Waals surface area contributed by atoms with Crippen LogP contribution in [0.15, 0.2) is 35.7 Å². The normalized spacial score (nSPS) is 18.7. The summed E-state index contributed by atoms with van der Waals surface area (Å²) in [5.74, 6) is 0.957. The molecule has 2 heterocycles. The first-order chi connectivity index (χ1) is 11.2. The zero-order chi connectivity index (χ0) is 16.2. The van der Waals surface area contributed by atoms with E-state index in [1.54, 1.807) is 7.11 Å². The highest BCUT2D eigenvalue weighted by Crippen LogP contribution is 2.35. The van der Waals surface area contributed by atoms with E-state index in [2.05, 4.69) is 53.5 Å². The lowest BCUT2D eigenvalue weighted by Crippen LogP contribution is -2.22. The number of likely N-dealkylation sites (tertiary alicyclic amines) is 1. The van der Waals surface area contributed by atoms with Gasteiger partial charge in [0, 0.05) is 24.0 Å². The van der Waals surface area contributed by atoms with Gasteiger partial charge in [-0.25, -0.2) is 0 Å². The molecule has 0 radical (unpaired) electrons. The maximum Gasteiger partial charge on any atom is 0.119 e. The van der Waals surface area contributed by atoms with Crippen LogP contribution in [-0.2, 0) is 13.1 Å². The molecule has 1 atom stereocenters. The van der Waals surface area contributed by atoms with Crippen LogP contribution in [0, 0.1) is 0 Å². The Balaban J connectivity index is 1.70. The third-order valence-corrected chi connectivity index (χ3v) is 5.38. The van der Waals surface area contributed by atoms with E-state index in [-0.39, 0.29) is 0 Å². The minimum absolute atomic E-state index is 0.518. The molecule has 1 aromatic heterocycles. The summed E-state index contributed by atoms with van der Waals surface area (Å²) in [6, 6.07) is 11.4. The van der Waals surface area contributed by atoms with Crippen LogP contribution in [0.5, 0.6) is 5.75 Å². The molecule has 0 amide bonds. The Kier molecular flexibility index (Phi) is 5.36. The molecule has 3 nitrogen and oxygen atoms in total. The van der Waals surface area contributed by atoms with Gasteiger partial charge in [-0.3, -0.25) is 4.90 Å². The van der Waals surface area contributed by atoms with Crippen LogP contribution in [0.2, 0.25) is 0 Å². The van der Waals surface area contributed by atoms with Gasteiger partial charge in [0.05, 0.1) is 7.11 Å². The highest BCUT2D eigenvalue weighted by atomic mass is 32.1. The first-order valence-electron chi connectivity index (χ1n) is 8.24. The summed E-state index contributed by atoms with van der Waals surface area (Å²) in [6.45, 7) is 3.26. The average molecular weight is 330 g/mol. The average Bonchev–Trinajstić information content (AvgIpc) is 3.17. The van der Waals surface area contributed by atoms with Gasteiger partial charge < -0.3 is 9.64 Å². The van der Waals surface area contributed by atoms with Crippen molar-refractivity contribution < 1.29 is 4.74 Å². The molecule has 124 valence electrons. The van der Waals surface area contributed by atoms with Gasteiger partial charge in [0.25, 0.3) is 0 Å². The maximum atomic E-state index is 5.39. The van der Waals surface area contributed by atoms with Gasteiger partial charge in [0.15, 0.2) is 0 Å². The first kappa shape index (κ1) is 16.5. The Morgan fingerprint density at radius 1 is 1.30 bits per heavy atom. The number of hydrogen-bond acceptors (Lipinski definition) is 4. The van der Waals surface area contributed by atoms with Gasteiger partial charge in [-0.2, -0.15) is 0 Å². The number of methoxy groups -OCH3 is 1. The molecule has 1 fully saturated rings. The molecule has 2 aromatic rings. The fraction of sp³-hybridized carbons (Fsp3) is 0.474. The molecule has 4 heteroatoms. The Bertz CT molecular complexity index is 638. The minimum Gasteiger partial charge on any atom is -0.497 e. The largest absolute Gasteiger partial charge is 0.497 e. The monoisotopic (exact) mass is 330 g/mol. The molecule has 0 spiro atoms. The van der Waals surface area contributed by atoms with Gasteiger partial charge in [-0.05, 0) is 68.2 Å². The SMILES string of the molecule is COc1cccc([C@H]2CCCN2Cc2cc(CN(C)C)cs2)c1. The summed E-state index contributed by atoms with van der Waals surface area (Å²) in [6.07, 6.45) is 2.51. The van der Waals surface area contributed by atoms with E-state index in [4.69, 9.17) is 4.74 Å². The smallest absolute Gasteiger partial charge is 0.119 e. The summed E-state index contributed by atoms with van der Waals surface area (Å²) >= 11 is 1.89. The van der Waals surface area contributed by atoms with E-state index < -0.39 is 0 Å². The van der Waals surface area contributed by atoms with Crippen molar-refractivity contribution in [1.29, 1.82) is 0 Å². The van der Waals surface area contributed by atoms with Gasteiger partial charge in [-0.15, -0.1) is 11.3 Å². The molecule has 1 aliphatic heterocycles. The van der Waals surface area contributed by atoms with Crippen molar-refractivity contribution in [3.8, 4) is 5.75 Å². The number of nitrogens with zero attached hydrogens (tertiary/aromatic N) is 2. The Morgan fingerprint density at radius 2 is 2.17 bits per heavy atom. The van der Waals surface area contributed by atoms with E-state index in [1.165, 1.54) is 35.4 Å². The quantitative estimate of drug-likeness (QED) is 0.791. The number of thiophene rings is 1. The van der Waals surface area contributed by atoms with Crippen molar-refractivity contribution in [1.82, 2.24) is 9.80 Å². The van der Waals surface area contributed by atoms with Gasteiger partial charge in [0.1, 0.15) is 5.75 Å². The third kappa shape index (κ3) is 4.14. The minimum atomic E-state index is 0.518. The lowest BCUT2D eigenvalue weighted by atomic mass is 10.0. The summed E-state index contributed by atoms with van der Waals surface area (Å²) in [5.41, 5.74) is 2.80. The summed E-state index contributed by atoms with van der Waals surface area (Å²) in [4.78, 5) is 6.30. The Hall–Kier alpha value is -1.36. The van der Waals surface area contributed by atoms with Crippen LogP contribution in [0.1, 0.15) is 34.9 Å². The van der Waals surface area contributed by atoms with Crippen LogP contribution in [0.25, 0.3) is 0 Å². The summed E-state index contributed by atoms with van der Waals surface area (Å²) in [7, 11) is 5.98. The second-order valence-corrected chi connectivity index (χ2v) is 7.56. The number of ether oxygens (including phenoxy) is 1. The lowest BCUT2D eigenvalue weighted by Gasteiger charge is -2.24. The van der Waals surface area contributed by atoms with Crippen molar-refractivity contribution in [2.45, 2.75) is 32.0 Å². The second-order valence-electron chi connectivity index (χ2n) is 6.56. The number of rotatable bonds is 6.